The Morgan fingerprint density at radius 3 is 1.65 bits per heavy atom. The van der Waals surface area contributed by atoms with Gasteiger partial charge >= 0.3 is 11.9 Å². The van der Waals surface area contributed by atoms with E-state index in [4.69, 9.17) is 52.1 Å². The van der Waals surface area contributed by atoms with E-state index in [-0.39, 0.29) is 38.1 Å². The van der Waals surface area contributed by atoms with E-state index in [2.05, 4.69) is 44.4 Å². The number of hydrogen-bond donors (Lipinski definition) is 0. The molecule has 4 atom stereocenters. The fourth-order valence-electron chi connectivity index (χ4n) is 10.4. The molecule has 4 aromatic rings. The third-order valence-electron chi connectivity index (χ3n) is 14.0. The standard InChI is InChI=1S/C53H72N2O13/c1-34-27-35(29-45(62-8)51(34)64-10)28-40-39-33-44(61-7)43(60-6)30-36(39)19-23-54(40,2)21-13-25-67-47(56)17-18-48(57)68-26-14-22-55(3)24-20-37-31-46(63-9)52(65-11)53(66-12)49(37)50(55)38-15-16-41(58-4)42(32-38)59-5/h15-16,27,29-33,40,50H,13-14,17-26,28H2,1-12H3/q+2. The summed E-state index contributed by atoms with van der Waals surface area (Å²) in [5.74, 6) is 4.96. The second kappa shape index (κ2) is 22.8. The van der Waals surface area contributed by atoms with Crippen LogP contribution in [0.25, 0.3) is 0 Å². The smallest absolute Gasteiger partial charge is 0.306 e. The molecule has 2 heterocycles. The van der Waals surface area contributed by atoms with Gasteiger partial charge in [-0.05, 0) is 71.6 Å². The van der Waals surface area contributed by atoms with Crippen molar-refractivity contribution >= 4 is 11.9 Å². The average Bonchev–Trinajstić information content (AvgIpc) is 3.35. The monoisotopic (exact) mass is 945 g/mol. The maximum absolute atomic E-state index is 13.0. The number of carbonyl (C=O) groups is 2. The minimum absolute atomic E-state index is 0.0573. The van der Waals surface area contributed by atoms with E-state index in [9.17, 15) is 9.59 Å². The van der Waals surface area contributed by atoms with Crippen molar-refractivity contribution < 1.29 is 70.7 Å². The topological polar surface area (TPSA) is 136 Å². The van der Waals surface area contributed by atoms with Gasteiger partial charge in [-0.2, -0.15) is 0 Å². The fraction of sp³-hybridized carbons (Fsp3) is 0.509. The zero-order valence-electron chi connectivity index (χ0n) is 42.2. The first-order chi connectivity index (χ1) is 32.7. The number of ether oxygens (including phenoxy) is 11. The fourth-order valence-corrected chi connectivity index (χ4v) is 10.4. The maximum atomic E-state index is 13.0. The lowest BCUT2D eigenvalue weighted by Crippen LogP contribution is -2.52. The van der Waals surface area contributed by atoms with Gasteiger partial charge in [-0.15, -0.1) is 0 Å². The van der Waals surface area contributed by atoms with Crippen LogP contribution in [0.1, 0.15) is 76.7 Å². The lowest BCUT2D eigenvalue weighted by molar-refractivity contribution is -0.941. The Morgan fingerprint density at radius 2 is 1.06 bits per heavy atom. The molecular weight excluding hydrogens is 873 g/mol. The molecule has 0 bridgehead atoms. The number of benzene rings is 4. The van der Waals surface area contributed by atoms with E-state index in [1.165, 1.54) is 11.1 Å². The maximum Gasteiger partial charge on any atom is 0.306 e. The largest absolute Gasteiger partial charge is 0.493 e. The molecule has 6 rings (SSSR count). The Bertz CT molecular complexity index is 2400. The number of quaternary nitrogens is 2. The molecule has 0 saturated heterocycles. The lowest BCUT2D eigenvalue weighted by Gasteiger charge is -2.46. The molecule has 2 aliphatic heterocycles. The predicted octanol–water partition coefficient (Wildman–Crippen LogP) is 7.80. The number of methoxy groups -OCH3 is 9. The van der Waals surface area contributed by atoms with Crippen LogP contribution in [0.4, 0.5) is 0 Å². The van der Waals surface area contributed by atoms with E-state index in [1.54, 1.807) is 64.0 Å². The lowest BCUT2D eigenvalue weighted by atomic mass is 9.84. The zero-order chi connectivity index (χ0) is 49.2. The SMILES string of the molecule is COc1ccc(C2c3c(cc(OC)c(OC)c3OC)CC[N+]2(C)CCCOC(=O)CCC(=O)OCCC[N+]2(C)CCc3cc(OC)c(OC)cc3C2Cc2cc(C)c(OC)c(OC)c2)cc1OC. The van der Waals surface area contributed by atoms with Crippen LogP contribution < -0.4 is 42.6 Å². The first-order valence-corrected chi connectivity index (χ1v) is 23.2. The van der Waals surface area contributed by atoms with E-state index < -0.39 is 11.9 Å². The van der Waals surface area contributed by atoms with E-state index in [0.717, 1.165) is 76.9 Å². The van der Waals surface area contributed by atoms with Crippen molar-refractivity contribution in [1.82, 2.24) is 0 Å². The Kier molecular flexibility index (Phi) is 17.2. The van der Waals surface area contributed by atoms with Gasteiger partial charge < -0.3 is 61.1 Å². The molecule has 68 heavy (non-hydrogen) atoms. The Balaban J connectivity index is 1.05. The van der Waals surface area contributed by atoms with Gasteiger partial charge in [0.2, 0.25) is 5.75 Å². The average molecular weight is 945 g/mol. The number of likely N-dealkylation sites (N-methyl/N-ethyl adjacent to an activating group) is 2. The summed E-state index contributed by atoms with van der Waals surface area (Å²) in [5.41, 5.74) is 7.69. The molecule has 0 spiro atoms. The summed E-state index contributed by atoms with van der Waals surface area (Å²) < 4.78 is 64.4. The summed E-state index contributed by atoms with van der Waals surface area (Å²) in [6.45, 7) is 5.62. The molecule has 4 unspecified atom stereocenters. The van der Waals surface area contributed by atoms with Gasteiger partial charge in [-0.25, -0.2) is 0 Å². The van der Waals surface area contributed by atoms with Gasteiger partial charge in [0, 0.05) is 43.2 Å². The Morgan fingerprint density at radius 1 is 0.544 bits per heavy atom. The Hall–Kier alpha value is -6.06. The number of nitrogens with zero attached hydrogens (tertiary/aromatic N) is 2. The van der Waals surface area contributed by atoms with Crippen LogP contribution in [-0.4, -0.2) is 138 Å². The second-order valence-electron chi connectivity index (χ2n) is 18.0. The molecule has 0 radical (unpaired) electrons. The quantitative estimate of drug-likeness (QED) is 0.0407. The molecule has 15 nitrogen and oxygen atoms in total. The van der Waals surface area contributed by atoms with Gasteiger partial charge in [0.15, 0.2) is 46.0 Å². The number of carbonyl (C=O) groups excluding carboxylic acids is 2. The molecule has 0 saturated carbocycles. The van der Waals surface area contributed by atoms with Crippen LogP contribution >= 0.6 is 0 Å². The first kappa shape index (κ1) is 51.3. The number of aryl methyl sites for hydroxylation is 1. The third kappa shape index (κ3) is 10.9. The summed E-state index contributed by atoms with van der Waals surface area (Å²) in [4.78, 5) is 26.0. The number of esters is 2. The van der Waals surface area contributed by atoms with Gasteiger partial charge in [0.05, 0.1) is 136 Å². The van der Waals surface area contributed by atoms with E-state index in [1.807, 2.05) is 25.1 Å². The van der Waals surface area contributed by atoms with Gasteiger partial charge in [-0.3, -0.25) is 9.59 Å². The van der Waals surface area contributed by atoms with Crippen molar-refractivity contribution in [2.45, 2.75) is 64.0 Å². The number of hydrogen-bond acceptors (Lipinski definition) is 13. The second-order valence-corrected chi connectivity index (χ2v) is 18.0. The van der Waals surface area contributed by atoms with Crippen molar-refractivity contribution in [1.29, 1.82) is 0 Å². The summed E-state index contributed by atoms with van der Waals surface area (Å²) in [6, 6.07) is 16.3. The van der Waals surface area contributed by atoms with Crippen LogP contribution in [0, 0.1) is 6.92 Å². The van der Waals surface area contributed by atoms with Crippen molar-refractivity contribution in [3.05, 3.63) is 87.5 Å². The zero-order valence-corrected chi connectivity index (χ0v) is 42.2. The molecule has 0 aliphatic carbocycles. The summed E-state index contributed by atoms with van der Waals surface area (Å²) in [5, 5.41) is 0. The minimum Gasteiger partial charge on any atom is -0.493 e. The van der Waals surface area contributed by atoms with Gasteiger partial charge in [0.25, 0.3) is 0 Å². The number of fused-ring (bicyclic) bond motifs is 2. The molecule has 2 aliphatic rings. The molecule has 4 aromatic carbocycles. The molecule has 15 heteroatoms. The van der Waals surface area contributed by atoms with Crippen molar-refractivity contribution in [2.24, 2.45) is 0 Å². The normalized spacial score (nSPS) is 19.4. The first-order valence-electron chi connectivity index (χ1n) is 23.2. The molecule has 0 N–H and O–H groups in total. The van der Waals surface area contributed by atoms with Crippen LogP contribution in [0.3, 0.4) is 0 Å². The van der Waals surface area contributed by atoms with Crippen LogP contribution in [0.15, 0.2) is 48.5 Å². The van der Waals surface area contributed by atoms with Crippen molar-refractivity contribution in [3.8, 4) is 51.7 Å². The highest BCUT2D eigenvalue weighted by molar-refractivity contribution is 5.77. The molecule has 370 valence electrons. The van der Waals surface area contributed by atoms with Gasteiger partial charge in [0.1, 0.15) is 12.1 Å². The molecular formula is C53H72N2O13+2. The van der Waals surface area contributed by atoms with Crippen molar-refractivity contribution in [2.75, 3.05) is 117 Å². The Labute approximate surface area is 402 Å². The minimum atomic E-state index is -0.436. The highest BCUT2D eigenvalue weighted by Gasteiger charge is 2.44. The van der Waals surface area contributed by atoms with Crippen LogP contribution in [0.2, 0.25) is 0 Å². The highest BCUT2D eigenvalue weighted by atomic mass is 16.5. The van der Waals surface area contributed by atoms with Crippen molar-refractivity contribution in [3.63, 3.8) is 0 Å². The molecule has 0 aromatic heterocycles. The highest BCUT2D eigenvalue weighted by Crippen LogP contribution is 2.52. The number of rotatable bonds is 23. The predicted molar refractivity (Wildman–Crippen MR) is 257 cm³/mol. The molecule has 0 fully saturated rings. The summed E-state index contributed by atoms with van der Waals surface area (Å²) in [6.07, 6.45) is 3.49. The summed E-state index contributed by atoms with van der Waals surface area (Å²) >= 11 is 0. The third-order valence-corrected chi connectivity index (χ3v) is 14.0. The van der Waals surface area contributed by atoms with E-state index >= 15 is 0 Å². The molecule has 0 amide bonds. The van der Waals surface area contributed by atoms with Crippen LogP contribution in [0.5, 0.6) is 51.7 Å². The van der Waals surface area contributed by atoms with E-state index in [0.29, 0.717) is 69.9 Å². The summed E-state index contributed by atoms with van der Waals surface area (Å²) in [7, 11) is 19.2. The van der Waals surface area contributed by atoms with Crippen LogP contribution in [-0.2, 0) is 38.3 Å². The van der Waals surface area contributed by atoms with Gasteiger partial charge in [-0.1, -0.05) is 6.07 Å².